The zero-order valence-corrected chi connectivity index (χ0v) is 12.0. The number of hydrogen-bond acceptors (Lipinski definition) is 3. The summed E-state index contributed by atoms with van der Waals surface area (Å²) in [4.78, 5) is 14.1. The van der Waals surface area contributed by atoms with E-state index in [0.717, 1.165) is 24.9 Å². The lowest BCUT2D eigenvalue weighted by molar-refractivity contribution is -0.117. The van der Waals surface area contributed by atoms with Crippen LogP contribution in [0.2, 0.25) is 0 Å². The molecule has 1 N–H and O–H groups in total. The van der Waals surface area contributed by atoms with E-state index in [1.165, 1.54) is 6.07 Å². The standard InChI is InChI=1S/C15H21FN2O2/c1-11-5-6-13(16)14(8-11)17-15(19)9-18-7-3-4-12(18)10-20-2/h5-6,8,12H,3-4,7,9-10H2,1-2H3,(H,17,19)/t12-/m0/s1. The third kappa shape index (κ3) is 3.77. The van der Waals surface area contributed by atoms with E-state index in [0.29, 0.717) is 6.61 Å². The Labute approximate surface area is 118 Å². The normalized spacial score (nSPS) is 19.2. The van der Waals surface area contributed by atoms with Crippen molar-refractivity contribution in [1.82, 2.24) is 4.90 Å². The number of methoxy groups -OCH3 is 1. The Balaban J connectivity index is 1.93. The number of anilines is 1. The Kier molecular flexibility index (Phi) is 5.09. The molecule has 0 spiro atoms. The molecule has 110 valence electrons. The fraction of sp³-hybridized carbons (Fsp3) is 0.533. The molecule has 1 aliphatic heterocycles. The molecule has 5 heteroatoms. The van der Waals surface area contributed by atoms with Gasteiger partial charge in [0.1, 0.15) is 5.82 Å². The highest BCUT2D eigenvalue weighted by Gasteiger charge is 2.26. The first-order valence-corrected chi connectivity index (χ1v) is 6.89. The number of nitrogens with one attached hydrogen (secondary N) is 1. The van der Waals surface area contributed by atoms with E-state index < -0.39 is 5.82 Å². The highest BCUT2D eigenvalue weighted by molar-refractivity contribution is 5.92. The average Bonchev–Trinajstić information content (AvgIpc) is 2.82. The third-order valence-electron chi connectivity index (χ3n) is 3.60. The van der Waals surface area contributed by atoms with Crippen molar-refractivity contribution in [3.8, 4) is 0 Å². The van der Waals surface area contributed by atoms with Crippen LogP contribution in [0, 0.1) is 12.7 Å². The van der Waals surface area contributed by atoms with Crippen molar-refractivity contribution in [2.45, 2.75) is 25.8 Å². The number of carbonyl (C=O) groups is 1. The summed E-state index contributed by atoms with van der Waals surface area (Å²) in [6.45, 7) is 3.66. The van der Waals surface area contributed by atoms with Crippen LogP contribution in [0.1, 0.15) is 18.4 Å². The number of carbonyl (C=O) groups excluding carboxylic acids is 1. The summed E-state index contributed by atoms with van der Waals surface area (Å²) in [5.41, 5.74) is 1.16. The van der Waals surface area contributed by atoms with Gasteiger partial charge in [0.15, 0.2) is 0 Å². The molecular weight excluding hydrogens is 259 g/mol. The predicted octanol–water partition coefficient (Wildman–Crippen LogP) is 2.18. The molecule has 2 rings (SSSR count). The van der Waals surface area contributed by atoms with E-state index in [2.05, 4.69) is 10.2 Å². The zero-order valence-electron chi connectivity index (χ0n) is 12.0. The maximum absolute atomic E-state index is 13.6. The molecule has 0 unspecified atom stereocenters. The van der Waals surface area contributed by atoms with Gasteiger partial charge in [-0.3, -0.25) is 9.69 Å². The first-order chi connectivity index (χ1) is 9.60. The number of hydrogen-bond donors (Lipinski definition) is 1. The molecule has 1 heterocycles. The van der Waals surface area contributed by atoms with Crippen LogP contribution in [0.15, 0.2) is 18.2 Å². The number of rotatable bonds is 5. The molecule has 0 aromatic heterocycles. The Morgan fingerprint density at radius 2 is 2.35 bits per heavy atom. The number of nitrogens with zero attached hydrogens (tertiary/aromatic N) is 1. The maximum Gasteiger partial charge on any atom is 0.238 e. The topological polar surface area (TPSA) is 41.6 Å². The molecule has 1 atom stereocenters. The van der Waals surface area contributed by atoms with Crippen molar-refractivity contribution in [2.75, 3.05) is 32.1 Å². The number of likely N-dealkylation sites (tertiary alicyclic amines) is 1. The molecule has 20 heavy (non-hydrogen) atoms. The van der Waals surface area contributed by atoms with Gasteiger partial charge in [0.2, 0.25) is 5.91 Å². The Hall–Kier alpha value is -1.46. The van der Waals surface area contributed by atoms with E-state index in [9.17, 15) is 9.18 Å². The highest BCUT2D eigenvalue weighted by atomic mass is 19.1. The van der Waals surface area contributed by atoms with E-state index in [1.54, 1.807) is 19.2 Å². The van der Waals surface area contributed by atoms with Gasteiger partial charge in [-0.25, -0.2) is 4.39 Å². The molecule has 1 amide bonds. The van der Waals surface area contributed by atoms with Gasteiger partial charge in [0, 0.05) is 13.2 Å². The second-order valence-electron chi connectivity index (χ2n) is 5.25. The Bertz CT molecular complexity index is 479. The minimum atomic E-state index is -0.404. The first-order valence-electron chi connectivity index (χ1n) is 6.89. The minimum Gasteiger partial charge on any atom is -0.383 e. The van der Waals surface area contributed by atoms with Crippen LogP contribution in [0.3, 0.4) is 0 Å². The Morgan fingerprint density at radius 3 is 3.10 bits per heavy atom. The fourth-order valence-corrected chi connectivity index (χ4v) is 2.59. The van der Waals surface area contributed by atoms with Crippen molar-refractivity contribution < 1.29 is 13.9 Å². The van der Waals surface area contributed by atoms with Gasteiger partial charge < -0.3 is 10.1 Å². The van der Waals surface area contributed by atoms with E-state index >= 15 is 0 Å². The van der Waals surface area contributed by atoms with Gasteiger partial charge >= 0.3 is 0 Å². The maximum atomic E-state index is 13.6. The molecule has 0 radical (unpaired) electrons. The summed E-state index contributed by atoms with van der Waals surface area (Å²) in [5, 5.41) is 2.64. The number of aryl methyl sites for hydroxylation is 1. The van der Waals surface area contributed by atoms with Crippen LogP contribution in [0.4, 0.5) is 10.1 Å². The van der Waals surface area contributed by atoms with Gasteiger partial charge in [-0.05, 0) is 44.0 Å². The lowest BCUT2D eigenvalue weighted by atomic mass is 10.2. The zero-order chi connectivity index (χ0) is 14.5. The van der Waals surface area contributed by atoms with E-state index in [4.69, 9.17) is 4.74 Å². The number of ether oxygens (including phenoxy) is 1. The van der Waals surface area contributed by atoms with Gasteiger partial charge in [0.25, 0.3) is 0 Å². The van der Waals surface area contributed by atoms with Gasteiger partial charge in [0.05, 0.1) is 18.8 Å². The molecule has 1 aliphatic rings. The van der Waals surface area contributed by atoms with E-state index in [-0.39, 0.29) is 24.2 Å². The summed E-state index contributed by atoms with van der Waals surface area (Å²) in [6, 6.07) is 4.98. The molecule has 1 aromatic carbocycles. The monoisotopic (exact) mass is 280 g/mol. The lowest BCUT2D eigenvalue weighted by Crippen LogP contribution is -2.39. The van der Waals surface area contributed by atoms with Crippen molar-refractivity contribution >= 4 is 11.6 Å². The summed E-state index contributed by atoms with van der Waals surface area (Å²) in [5.74, 6) is -0.587. The average molecular weight is 280 g/mol. The lowest BCUT2D eigenvalue weighted by Gasteiger charge is -2.23. The molecule has 1 saturated heterocycles. The van der Waals surface area contributed by atoms with Crippen molar-refractivity contribution in [2.24, 2.45) is 0 Å². The number of halogens is 1. The SMILES string of the molecule is COC[C@@H]1CCCN1CC(=O)Nc1cc(C)ccc1F. The highest BCUT2D eigenvalue weighted by Crippen LogP contribution is 2.18. The number of amides is 1. The fourth-order valence-electron chi connectivity index (χ4n) is 2.59. The predicted molar refractivity (Wildman–Crippen MR) is 76.2 cm³/mol. The summed E-state index contributed by atoms with van der Waals surface area (Å²) < 4.78 is 18.7. The molecule has 0 bridgehead atoms. The molecule has 1 fully saturated rings. The minimum absolute atomic E-state index is 0.183. The molecule has 4 nitrogen and oxygen atoms in total. The Morgan fingerprint density at radius 1 is 1.55 bits per heavy atom. The second kappa shape index (κ2) is 6.81. The largest absolute Gasteiger partial charge is 0.383 e. The molecule has 0 saturated carbocycles. The molecule has 1 aromatic rings. The smallest absolute Gasteiger partial charge is 0.238 e. The first kappa shape index (κ1) is 14.9. The summed E-state index contributed by atoms with van der Waals surface area (Å²) in [6.07, 6.45) is 2.11. The van der Waals surface area contributed by atoms with Gasteiger partial charge in [-0.15, -0.1) is 0 Å². The van der Waals surface area contributed by atoms with Crippen LogP contribution in [-0.4, -0.2) is 43.7 Å². The van der Waals surface area contributed by atoms with Crippen LogP contribution in [0.25, 0.3) is 0 Å². The molecular formula is C15H21FN2O2. The van der Waals surface area contributed by atoms with Crippen molar-refractivity contribution in [3.63, 3.8) is 0 Å². The second-order valence-corrected chi connectivity index (χ2v) is 5.25. The van der Waals surface area contributed by atoms with Crippen LogP contribution < -0.4 is 5.32 Å². The van der Waals surface area contributed by atoms with Crippen molar-refractivity contribution in [3.05, 3.63) is 29.6 Å². The van der Waals surface area contributed by atoms with Gasteiger partial charge in [-0.2, -0.15) is 0 Å². The third-order valence-corrected chi connectivity index (χ3v) is 3.60. The van der Waals surface area contributed by atoms with Crippen LogP contribution in [0.5, 0.6) is 0 Å². The summed E-state index contributed by atoms with van der Waals surface area (Å²) in [7, 11) is 1.67. The number of benzene rings is 1. The van der Waals surface area contributed by atoms with E-state index in [1.807, 2.05) is 6.92 Å². The van der Waals surface area contributed by atoms with Crippen LogP contribution in [-0.2, 0) is 9.53 Å². The quantitative estimate of drug-likeness (QED) is 0.899. The van der Waals surface area contributed by atoms with Crippen LogP contribution >= 0.6 is 0 Å². The van der Waals surface area contributed by atoms with Gasteiger partial charge in [-0.1, -0.05) is 6.07 Å². The molecule has 0 aliphatic carbocycles. The van der Waals surface area contributed by atoms with Crippen molar-refractivity contribution in [1.29, 1.82) is 0 Å². The summed E-state index contributed by atoms with van der Waals surface area (Å²) >= 11 is 0.